The summed E-state index contributed by atoms with van der Waals surface area (Å²) in [5.74, 6) is 0.822. The number of carbonyl (C=O) groups excluding carboxylic acids is 1. The van der Waals surface area contributed by atoms with E-state index in [1.807, 2.05) is 0 Å². The SMILES string of the molecule is CC(C)CCC(=O)NCCCN1CCN(C)CC1. The van der Waals surface area contributed by atoms with Crippen LogP contribution in [0.5, 0.6) is 0 Å². The summed E-state index contributed by atoms with van der Waals surface area (Å²) < 4.78 is 0. The Hall–Kier alpha value is -0.610. The number of piperazine rings is 1. The van der Waals surface area contributed by atoms with Crippen LogP contribution >= 0.6 is 0 Å². The lowest BCUT2D eigenvalue weighted by Crippen LogP contribution is -2.45. The van der Waals surface area contributed by atoms with E-state index in [9.17, 15) is 4.79 Å². The lowest BCUT2D eigenvalue weighted by Gasteiger charge is -2.32. The molecule has 1 fully saturated rings. The predicted octanol–water partition coefficient (Wildman–Crippen LogP) is 1.18. The van der Waals surface area contributed by atoms with Crippen LogP contribution in [0.2, 0.25) is 0 Å². The molecular weight excluding hydrogens is 226 g/mol. The highest BCUT2D eigenvalue weighted by atomic mass is 16.1. The fourth-order valence-corrected chi connectivity index (χ4v) is 2.11. The van der Waals surface area contributed by atoms with Crippen LogP contribution < -0.4 is 5.32 Å². The van der Waals surface area contributed by atoms with Crippen LogP contribution in [0.3, 0.4) is 0 Å². The second kappa shape index (κ2) is 8.48. The first-order valence-electron chi connectivity index (χ1n) is 7.25. The zero-order valence-electron chi connectivity index (χ0n) is 12.2. The predicted molar refractivity (Wildman–Crippen MR) is 75.6 cm³/mol. The molecule has 0 aromatic carbocycles. The molecule has 0 radical (unpaired) electrons. The molecule has 1 N–H and O–H groups in total. The number of carbonyl (C=O) groups is 1. The van der Waals surface area contributed by atoms with E-state index >= 15 is 0 Å². The van der Waals surface area contributed by atoms with Crippen LogP contribution in [0.1, 0.15) is 33.1 Å². The molecule has 1 saturated heterocycles. The van der Waals surface area contributed by atoms with E-state index in [1.165, 1.54) is 13.1 Å². The number of nitrogens with zero attached hydrogens (tertiary/aromatic N) is 2. The summed E-state index contributed by atoms with van der Waals surface area (Å²) >= 11 is 0. The van der Waals surface area contributed by atoms with E-state index in [-0.39, 0.29) is 5.91 Å². The molecule has 0 atom stereocenters. The minimum atomic E-state index is 0.210. The topological polar surface area (TPSA) is 35.6 Å². The van der Waals surface area contributed by atoms with Gasteiger partial charge in [-0.3, -0.25) is 4.79 Å². The van der Waals surface area contributed by atoms with Gasteiger partial charge < -0.3 is 15.1 Å². The third-order valence-corrected chi connectivity index (χ3v) is 3.52. The van der Waals surface area contributed by atoms with Crippen molar-refractivity contribution in [1.82, 2.24) is 15.1 Å². The molecule has 4 heteroatoms. The molecule has 0 aromatic heterocycles. The fourth-order valence-electron chi connectivity index (χ4n) is 2.11. The van der Waals surface area contributed by atoms with E-state index in [0.717, 1.165) is 39.0 Å². The number of nitrogens with one attached hydrogen (secondary N) is 1. The van der Waals surface area contributed by atoms with Gasteiger partial charge in [0.1, 0.15) is 0 Å². The van der Waals surface area contributed by atoms with Gasteiger partial charge >= 0.3 is 0 Å². The van der Waals surface area contributed by atoms with Gasteiger partial charge in [0.25, 0.3) is 0 Å². The summed E-state index contributed by atoms with van der Waals surface area (Å²) in [6, 6.07) is 0. The van der Waals surface area contributed by atoms with Crippen LogP contribution in [0.25, 0.3) is 0 Å². The third-order valence-electron chi connectivity index (χ3n) is 3.52. The highest BCUT2D eigenvalue weighted by Crippen LogP contribution is 2.03. The van der Waals surface area contributed by atoms with Crippen LogP contribution in [-0.4, -0.2) is 62.0 Å². The molecule has 0 spiro atoms. The number of hydrogen-bond donors (Lipinski definition) is 1. The smallest absolute Gasteiger partial charge is 0.220 e. The summed E-state index contributed by atoms with van der Waals surface area (Å²) in [6.07, 6.45) is 2.73. The maximum absolute atomic E-state index is 11.5. The van der Waals surface area contributed by atoms with Gasteiger partial charge in [-0.1, -0.05) is 13.8 Å². The van der Waals surface area contributed by atoms with E-state index in [4.69, 9.17) is 0 Å². The van der Waals surface area contributed by atoms with Gasteiger partial charge in [0, 0.05) is 39.1 Å². The van der Waals surface area contributed by atoms with E-state index in [0.29, 0.717) is 12.3 Å². The molecule has 1 amide bonds. The van der Waals surface area contributed by atoms with Gasteiger partial charge in [-0.15, -0.1) is 0 Å². The fraction of sp³-hybridized carbons (Fsp3) is 0.929. The van der Waals surface area contributed by atoms with Crippen molar-refractivity contribution in [2.24, 2.45) is 5.92 Å². The second-order valence-electron chi connectivity index (χ2n) is 5.78. The number of hydrogen-bond acceptors (Lipinski definition) is 3. The zero-order chi connectivity index (χ0) is 13.4. The summed E-state index contributed by atoms with van der Waals surface area (Å²) in [4.78, 5) is 16.4. The molecular formula is C14H29N3O. The first kappa shape index (κ1) is 15.4. The Morgan fingerprint density at radius 1 is 1.22 bits per heavy atom. The highest BCUT2D eigenvalue weighted by molar-refractivity contribution is 5.75. The van der Waals surface area contributed by atoms with Crippen molar-refractivity contribution in [3.05, 3.63) is 0 Å². The number of likely N-dealkylation sites (N-methyl/N-ethyl adjacent to an activating group) is 1. The summed E-state index contributed by atoms with van der Waals surface area (Å²) in [5.41, 5.74) is 0. The summed E-state index contributed by atoms with van der Waals surface area (Å²) in [5, 5.41) is 3.01. The Bertz CT molecular complexity index is 235. The Morgan fingerprint density at radius 3 is 2.50 bits per heavy atom. The average molecular weight is 255 g/mol. The monoisotopic (exact) mass is 255 g/mol. The van der Waals surface area contributed by atoms with Gasteiger partial charge in [0.15, 0.2) is 0 Å². The first-order chi connectivity index (χ1) is 8.58. The normalized spacial score (nSPS) is 18.2. The summed E-state index contributed by atoms with van der Waals surface area (Å²) in [6.45, 7) is 10.9. The van der Waals surface area contributed by atoms with Crippen molar-refractivity contribution in [3.8, 4) is 0 Å². The highest BCUT2D eigenvalue weighted by Gasteiger charge is 2.12. The Labute approximate surface area is 112 Å². The molecule has 0 unspecified atom stereocenters. The lowest BCUT2D eigenvalue weighted by molar-refractivity contribution is -0.121. The van der Waals surface area contributed by atoms with Crippen molar-refractivity contribution in [1.29, 1.82) is 0 Å². The van der Waals surface area contributed by atoms with Crippen LogP contribution in [-0.2, 0) is 4.79 Å². The maximum Gasteiger partial charge on any atom is 0.220 e. The standard InChI is InChI=1S/C14H29N3O/c1-13(2)5-6-14(18)15-7-4-8-17-11-9-16(3)10-12-17/h13H,4-12H2,1-3H3,(H,15,18). The number of amides is 1. The molecule has 0 saturated carbocycles. The average Bonchev–Trinajstić information content (AvgIpc) is 2.34. The molecule has 1 aliphatic heterocycles. The minimum Gasteiger partial charge on any atom is -0.356 e. The molecule has 106 valence electrons. The Morgan fingerprint density at radius 2 is 1.89 bits per heavy atom. The molecule has 0 aromatic rings. The minimum absolute atomic E-state index is 0.210. The van der Waals surface area contributed by atoms with Crippen molar-refractivity contribution in [2.45, 2.75) is 33.1 Å². The van der Waals surface area contributed by atoms with E-state index < -0.39 is 0 Å². The molecule has 1 rings (SSSR count). The molecule has 4 nitrogen and oxygen atoms in total. The Kier molecular flexibility index (Phi) is 7.28. The van der Waals surface area contributed by atoms with Gasteiger partial charge in [0.05, 0.1) is 0 Å². The van der Waals surface area contributed by atoms with Crippen LogP contribution in [0, 0.1) is 5.92 Å². The first-order valence-corrected chi connectivity index (χ1v) is 7.25. The van der Waals surface area contributed by atoms with E-state index in [1.54, 1.807) is 0 Å². The van der Waals surface area contributed by atoms with Crippen LogP contribution in [0.15, 0.2) is 0 Å². The van der Waals surface area contributed by atoms with Gasteiger partial charge in [0.2, 0.25) is 5.91 Å². The molecule has 1 heterocycles. The van der Waals surface area contributed by atoms with Gasteiger partial charge in [-0.2, -0.15) is 0 Å². The quantitative estimate of drug-likeness (QED) is 0.694. The van der Waals surface area contributed by atoms with E-state index in [2.05, 4.69) is 36.0 Å². The van der Waals surface area contributed by atoms with Gasteiger partial charge in [-0.25, -0.2) is 0 Å². The lowest BCUT2D eigenvalue weighted by atomic mass is 10.1. The van der Waals surface area contributed by atoms with Crippen molar-refractivity contribution in [3.63, 3.8) is 0 Å². The van der Waals surface area contributed by atoms with Crippen molar-refractivity contribution < 1.29 is 4.79 Å². The largest absolute Gasteiger partial charge is 0.356 e. The number of rotatable bonds is 7. The molecule has 0 bridgehead atoms. The van der Waals surface area contributed by atoms with Crippen molar-refractivity contribution in [2.75, 3.05) is 46.3 Å². The molecule has 1 aliphatic rings. The van der Waals surface area contributed by atoms with Gasteiger partial charge in [-0.05, 0) is 32.4 Å². The Balaban J connectivity index is 1.96. The zero-order valence-corrected chi connectivity index (χ0v) is 12.2. The molecule has 0 aliphatic carbocycles. The van der Waals surface area contributed by atoms with Crippen LogP contribution in [0.4, 0.5) is 0 Å². The van der Waals surface area contributed by atoms with Crippen molar-refractivity contribution >= 4 is 5.91 Å². The summed E-state index contributed by atoms with van der Waals surface area (Å²) in [7, 11) is 2.17. The molecule has 18 heavy (non-hydrogen) atoms. The third kappa shape index (κ3) is 6.97. The second-order valence-corrected chi connectivity index (χ2v) is 5.78. The maximum atomic E-state index is 11.5.